The molecule has 1 atom stereocenters. The molecule has 0 aliphatic carbocycles. The highest BCUT2D eigenvalue weighted by molar-refractivity contribution is 6.11. The van der Waals surface area contributed by atoms with Crippen LogP contribution < -0.4 is 0 Å². The Kier molecular flexibility index (Phi) is 2.52. The van der Waals surface area contributed by atoms with Crippen LogP contribution in [0.1, 0.15) is 30.1 Å². The number of hydrogen-bond donors (Lipinski definition) is 0. The van der Waals surface area contributed by atoms with Crippen molar-refractivity contribution in [3.8, 4) is 0 Å². The molecule has 18 heavy (non-hydrogen) atoms. The molecule has 3 rings (SSSR count). The third-order valence-electron chi connectivity index (χ3n) is 3.84. The summed E-state index contributed by atoms with van der Waals surface area (Å²) in [5.74, 6) is 0.108. The van der Waals surface area contributed by atoms with Crippen LogP contribution >= 0.6 is 0 Å². The van der Waals surface area contributed by atoms with Crippen LogP contribution in [0.4, 0.5) is 0 Å². The molecule has 0 spiro atoms. The minimum Gasteiger partial charge on any atom is -0.367 e. The van der Waals surface area contributed by atoms with E-state index < -0.39 is 5.60 Å². The summed E-state index contributed by atoms with van der Waals surface area (Å²) in [6.45, 7) is 2.59. The molecule has 1 unspecified atom stereocenters. The molecule has 0 bridgehead atoms. The van der Waals surface area contributed by atoms with E-state index in [1.807, 2.05) is 49.0 Å². The van der Waals surface area contributed by atoms with Gasteiger partial charge >= 0.3 is 0 Å². The van der Waals surface area contributed by atoms with E-state index in [4.69, 9.17) is 4.74 Å². The van der Waals surface area contributed by atoms with Gasteiger partial charge in [0.1, 0.15) is 5.60 Å². The highest BCUT2D eigenvalue weighted by atomic mass is 16.5. The number of para-hydroxylation sites is 1. The van der Waals surface area contributed by atoms with Gasteiger partial charge in [0.25, 0.3) is 0 Å². The fourth-order valence-electron chi connectivity index (χ4n) is 2.77. The highest BCUT2D eigenvalue weighted by Gasteiger charge is 2.39. The number of ether oxygens (including phenoxy) is 1. The number of nitrogens with zero attached hydrogens (tertiary/aromatic N) is 1. The number of carbonyl (C=O) groups is 1. The SMILES string of the molecule is Cn1cc(C(=O)C2(C)CCCO2)c2ccccc21. The number of fused-ring (bicyclic) bond motifs is 1. The molecule has 1 fully saturated rings. The van der Waals surface area contributed by atoms with E-state index in [1.165, 1.54) is 0 Å². The molecule has 1 aliphatic rings. The molecular formula is C15H17NO2. The summed E-state index contributed by atoms with van der Waals surface area (Å²) >= 11 is 0. The molecule has 0 N–H and O–H groups in total. The van der Waals surface area contributed by atoms with Crippen LogP contribution in [0.15, 0.2) is 30.5 Å². The fraction of sp³-hybridized carbons (Fsp3) is 0.400. The predicted molar refractivity (Wildman–Crippen MR) is 70.8 cm³/mol. The quantitative estimate of drug-likeness (QED) is 0.759. The van der Waals surface area contributed by atoms with Crippen molar-refractivity contribution in [2.24, 2.45) is 7.05 Å². The lowest BCUT2D eigenvalue weighted by molar-refractivity contribution is 0.0215. The monoisotopic (exact) mass is 243 g/mol. The third-order valence-corrected chi connectivity index (χ3v) is 3.84. The summed E-state index contributed by atoms with van der Waals surface area (Å²) in [6, 6.07) is 7.99. The van der Waals surface area contributed by atoms with Crippen molar-refractivity contribution in [2.45, 2.75) is 25.4 Å². The van der Waals surface area contributed by atoms with Crippen molar-refractivity contribution >= 4 is 16.7 Å². The van der Waals surface area contributed by atoms with Gasteiger partial charge in [0.05, 0.1) is 0 Å². The summed E-state index contributed by atoms with van der Waals surface area (Å²) in [5, 5.41) is 1.02. The van der Waals surface area contributed by atoms with Gasteiger partial charge in [0.15, 0.2) is 5.78 Å². The zero-order chi connectivity index (χ0) is 12.8. The zero-order valence-corrected chi connectivity index (χ0v) is 10.8. The van der Waals surface area contributed by atoms with Crippen LogP contribution in [0.2, 0.25) is 0 Å². The van der Waals surface area contributed by atoms with Crippen molar-refractivity contribution in [3.63, 3.8) is 0 Å². The molecule has 0 amide bonds. The van der Waals surface area contributed by atoms with E-state index in [-0.39, 0.29) is 5.78 Å². The number of benzene rings is 1. The molecule has 1 aliphatic heterocycles. The summed E-state index contributed by atoms with van der Waals surface area (Å²) in [4.78, 5) is 12.7. The predicted octanol–water partition coefficient (Wildman–Crippen LogP) is 2.93. The molecule has 2 heterocycles. The first-order valence-electron chi connectivity index (χ1n) is 6.35. The van der Waals surface area contributed by atoms with E-state index >= 15 is 0 Å². The topological polar surface area (TPSA) is 31.2 Å². The lowest BCUT2D eigenvalue weighted by Crippen LogP contribution is -2.34. The number of ketones is 1. The first kappa shape index (κ1) is 11.5. The number of aryl methyl sites for hydroxylation is 1. The lowest BCUT2D eigenvalue weighted by atomic mass is 9.92. The van der Waals surface area contributed by atoms with Crippen LogP contribution in [0.5, 0.6) is 0 Å². The molecule has 3 heteroatoms. The number of hydrogen-bond acceptors (Lipinski definition) is 2. The van der Waals surface area contributed by atoms with E-state index in [9.17, 15) is 4.79 Å². The molecule has 2 aromatic rings. The number of aromatic nitrogens is 1. The molecular weight excluding hydrogens is 226 g/mol. The average Bonchev–Trinajstić information content (AvgIpc) is 2.95. The molecule has 0 saturated carbocycles. The van der Waals surface area contributed by atoms with Crippen molar-refractivity contribution in [1.82, 2.24) is 4.57 Å². The smallest absolute Gasteiger partial charge is 0.196 e. The Balaban J connectivity index is 2.12. The van der Waals surface area contributed by atoms with Crippen LogP contribution in [-0.2, 0) is 11.8 Å². The Hall–Kier alpha value is -1.61. The Morgan fingerprint density at radius 1 is 1.39 bits per heavy atom. The Morgan fingerprint density at radius 3 is 2.89 bits per heavy atom. The summed E-state index contributed by atoms with van der Waals surface area (Å²) in [5.41, 5.74) is 1.23. The van der Waals surface area contributed by atoms with Crippen molar-refractivity contribution in [3.05, 3.63) is 36.0 Å². The Labute approximate surface area is 106 Å². The van der Waals surface area contributed by atoms with Gasteiger partial charge in [0.2, 0.25) is 0 Å². The van der Waals surface area contributed by atoms with Gasteiger partial charge in [-0.1, -0.05) is 18.2 Å². The number of carbonyl (C=O) groups excluding carboxylic acids is 1. The first-order chi connectivity index (χ1) is 8.62. The fourth-order valence-corrected chi connectivity index (χ4v) is 2.77. The van der Waals surface area contributed by atoms with Gasteiger partial charge in [-0.25, -0.2) is 0 Å². The van der Waals surface area contributed by atoms with Crippen LogP contribution in [0.25, 0.3) is 10.9 Å². The van der Waals surface area contributed by atoms with Crippen LogP contribution in [0.3, 0.4) is 0 Å². The van der Waals surface area contributed by atoms with E-state index in [1.54, 1.807) is 0 Å². The minimum atomic E-state index is -0.635. The second kappa shape index (κ2) is 3.95. The first-order valence-corrected chi connectivity index (χ1v) is 6.35. The van der Waals surface area contributed by atoms with E-state index in [0.717, 1.165) is 29.3 Å². The van der Waals surface area contributed by atoms with Gasteiger partial charge in [-0.3, -0.25) is 4.79 Å². The van der Waals surface area contributed by atoms with Crippen molar-refractivity contribution < 1.29 is 9.53 Å². The molecule has 1 aromatic heterocycles. The van der Waals surface area contributed by atoms with E-state index in [0.29, 0.717) is 6.61 Å². The van der Waals surface area contributed by atoms with Crippen LogP contribution in [-0.4, -0.2) is 22.6 Å². The molecule has 0 radical (unpaired) electrons. The minimum absolute atomic E-state index is 0.108. The Bertz CT molecular complexity index is 606. The molecule has 3 nitrogen and oxygen atoms in total. The maximum Gasteiger partial charge on any atom is 0.196 e. The maximum atomic E-state index is 12.7. The third kappa shape index (κ3) is 1.58. The summed E-state index contributed by atoms with van der Waals surface area (Å²) in [7, 11) is 1.97. The van der Waals surface area contributed by atoms with Gasteiger partial charge in [-0.05, 0) is 25.8 Å². The Morgan fingerprint density at radius 2 is 2.17 bits per heavy atom. The summed E-state index contributed by atoms with van der Waals surface area (Å²) < 4.78 is 7.66. The molecule has 1 saturated heterocycles. The highest BCUT2D eigenvalue weighted by Crippen LogP contribution is 2.32. The average molecular weight is 243 g/mol. The molecule has 1 aromatic carbocycles. The number of rotatable bonds is 2. The summed E-state index contributed by atoms with van der Waals surface area (Å²) in [6.07, 6.45) is 3.70. The van der Waals surface area contributed by atoms with Gasteiger partial charge in [-0.15, -0.1) is 0 Å². The normalized spacial score (nSPS) is 23.7. The second-order valence-electron chi connectivity index (χ2n) is 5.18. The largest absolute Gasteiger partial charge is 0.367 e. The van der Waals surface area contributed by atoms with Gasteiger partial charge < -0.3 is 9.30 Å². The standard InChI is InChI=1S/C15H17NO2/c1-15(8-5-9-18-15)14(17)12-10-16(2)13-7-4-3-6-11(12)13/h3-4,6-7,10H,5,8-9H2,1-2H3. The van der Waals surface area contributed by atoms with Gasteiger partial charge in [0, 0.05) is 36.3 Å². The zero-order valence-electron chi connectivity index (χ0n) is 10.8. The van der Waals surface area contributed by atoms with Crippen molar-refractivity contribution in [2.75, 3.05) is 6.61 Å². The van der Waals surface area contributed by atoms with Gasteiger partial charge in [-0.2, -0.15) is 0 Å². The maximum absolute atomic E-state index is 12.7. The lowest BCUT2D eigenvalue weighted by Gasteiger charge is -2.20. The van der Waals surface area contributed by atoms with E-state index in [2.05, 4.69) is 0 Å². The van der Waals surface area contributed by atoms with Crippen molar-refractivity contribution in [1.29, 1.82) is 0 Å². The second-order valence-corrected chi connectivity index (χ2v) is 5.18. The molecule has 94 valence electrons. The number of Topliss-reactive ketones (excluding diaryl/α,β-unsaturated/α-hetero) is 1. The van der Waals surface area contributed by atoms with Crippen LogP contribution in [0, 0.1) is 0 Å².